The molecule has 116 valence electrons. The molecule has 0 radical (unpaired) electrons. The van der Waals surface area contributed by atoms with Gasteiger partial charge in [0.05, 0.1) is 12.0 Å². The third-order valence-electron chi connectivity index (χ3n) is 3.74. The molecular formula is C16H23FN2O2. The highest BCUT2D eigenvalue weighted by Gasteiger charge is 2.32. The molecule has 1 fully saturated rings. The van der Waals surface area contributed by atoms with Crippen molar-refractivity contribution in [2.75, 3.05) is 13.1 Å². The van der Waals surface area contributed by atoms with Crippen LogP contribution in [0.15, 0.2) is 24.3 Å². The molecule has 1 saturated heterocycles. The summed E-state index contributed by atoms with van der Waals surface area (Å²) >= 11 is 0. The minimum atomic E-state index is -0.530. The second kappa shape index (κ2) is 6.12. The predicted octanol–water partition coefficient (Wildman–Crippen LogP) is 2.45. The van der Waals surface area contributed by atoms with Gasteiger partial charge in [0.2, 0.25) is 0 Å². The van der Waals surface area contributed by atoms with Gasteiger partial charge in [-0.05, 0) is 44.9 Å². The number of hydrogen-bond acceptors (Lipinski definition) is 4. The summed E-state index contributed by atoms with van der Waals surface area (Å²) in [6.07, 6.45) is 0.782. The second-order valence-electron chi connectivity index (χ2n) is 6.63. The summed E-state index contributed by atoms with van der Waals surface area (Å²) in [6.45, 7) is 6.59. The standard InChI is InChI=1S/C16H23FN2O2/c1-16(2,3)15(20)21-19-9-8-13(14(18)10-19)11-4-6-12(17)7-5-11/h4-7,13-14H,8-10,18H2,1-3H3. The second-order valence-corrected chi connectivity index (χ2v) is 6.63. The van der Waals surface area contributed by atoms with Crippen molar-refractivity contribution in [3.63, 3.8) is 0 Å². The Morgan fingerprint density at radius 2 is 1.95 bits per heavy atom. The van der Waals surface area contributed by atoms with Crippen LogP contribution >= 0.6 is 0 Å². The topological polar surface area (TPSA) is 55.6 Å². The Hall–Kier alpha value is -1.46. The molecule has 0 spiro atoms. The molecule has 0 aromatic heterocycles. The first kappa shape index (κ1) is 15.9. The van der Waals surface area contributed by atoms with E-state index in [0.717, 1.165) is 12.0 Å². The van der Waals surface area contributed by atoms with Gasteiger partial charge in [-0.25, -0.2) is 9.18 Å². The van der Waals surface area contributed by atoms with Crippen molar-refractivity contribution < 1.29 is 14.0 Å². The quantitative estimate of drug-likeness (QED) is 0.910. The molecule has 0 bridgehead atoms. The van der Waals surface area contributed by atoms with Gasteiger partial charge in [0.15, 0.2) is 0 Å². The highest BCUT2D eigenvalue weighted by atomic mass is 19.1. The van der Waals surface area contributed by atoms with Gasteiger partial charge in [-0.15, -0.1) is 5.06 Å². The van der Waals surface area contributed by atoms with Gasteiger partial charge in [-0.3, -0.25) is 0 Å². The van der Waals surface area contributed by atoms with Gasteiger partial charge in [0.25, 0.3) is 0 Å². The van der Waals surface area contributed by atoms with E-state index in [0.29, 0.717) is 13.1 Å². The molecule has 21 heavy (non-hydrogen) atoms. The van der Waals surface area contributed by atoms with E-state index in [1.807, 2.05) is 20.8 Å². The molecule has 2 unspecified atom stereocenters. The van der Waals surface area contributed by atoms with Gasteiger partial charge < -0.3 is 10.6 Å². The summed E-state index contributed by atoms with van der Waals surface area (Å²) in [6, 6.07) is 6.31. The van der Waals surface area contributed by atoms with Crippen LogP contribution in [0.25, 0.3) is 0 Å². The average Bonchev–Trinajstić information content (AvgIpc) is 2.39. The predicted molar refractivity (Wildman–Crippen MR) is 78.9 cm³/mol. The number of hydroxylamine groups is 2. The van der Waals surface area contributed by atoms with Crippen molar-refractivity contribution in [2.45, 2.75) is 39.2 Å². The molecule has 2 atom stereocenters. The lowest BCUT2D eigenvalue weighted by Gasteiger charge is -2.36. The van der Waals surface area contributed by atoms with Crippen molar-refractivity contribution in [1.82, 2.24) is 5.06 Å². The van der Waals surface area contributed by atoms with Crippen LogP contribution in [0.2, 0.25) is 0 Å². The van der Waals surface area contributed by atoms with Crippen molar-refractivity contribution in [3.8, 4) is 0 Å². The van der Waals surface area contributed by atoms with Gasteiger partial charge in [0.1, 0.15) is 5.82 Å². The maximum atomic E-state index is 13.0. The minimum absolute atomic E-state index is 0.142. The molecule has 4 nitrogen and oxygen atoms in total. The Bertz CT molecular complexity index is 496. The Balaban J connectivity index is 1.96. The highest BCUT2D eigenvalue weighted by Crippen LogP contribution is 2.28. The summed E-state index contributed by atoms with van der Waals surface area (Å²) in [5.41, 5.74) is 6.70. The average molecular weight is 294 g/mol. The van der Waals surface area contributed by atoms with Crippen LogP contribution in [-0.4, -0.2) is 30.2 Å². The fourth-order valence-corrected chi connectivity index (χ4v) is 2.41. The van der Waals surface area contributed by atoms with Crippen LogP contribution in [0.4, 0.5) is 4.39 Å². The van der Waals surface area contributed by atoms with Gasteiger partial charge >= 0.3 is 5.97 Å². The molecule has 1 aromatic carbocycles. The number of carbonyl (C=O) groups is 1. The Labute approximate surface area is 125 Å². The van der Waals surface area contributed by atoms with Crippen molar-refractivity contribution in [2.24, 2.45) is 11.1 Å². The largest absolute Gasteiger partial charge is 0.367 e. The first-order valence-corrected chi connectivity index (χ1v) is 7.26. The molecule has 1 aromatic rings. The van der Waals surface area contributed by atoms with Crippen LogP contribution in [-0.2, 0) is 9.63 Å². The maximum Gasteiger partial charge on any atom is 0.330 e. The molecule has 0 saturated carbocycles. The van der Waals surface area contributed by atoms with Crippen molar-refractivity contribution in [1.29, 1.82) is 0 Å². The number of nitrogens with two attached hydrogens (primary N) is 1. The molecule has 2 N–H and O–H groups in total. The lowest BCUT2D eigenvalue weighted by molar-refractivity contribution is -0.205. The molecule has 0 amide bonds. The van der Waals surface area contributed by atoms with Gasteiger partial charge in [0, 0.05) is 18.5 Å². The SMILES string of the molecule is CC(C)(C)C(=O)ON1CCC(c2ccc(F)cc2)C(N)C1. The number of hydrogen-bond donors (Lipinski definition) is 1. The van der Waals surface area contributed by atoms with Crippen LogP contribution in [0.1, 0.15) is 38.7 Å². The first-order chi connectivity index (χ1) is 9.77. The molecule has 1 heterocycles. The molecule has 5 heteroatoms. The lowest BCUT2D eigenvalue weighted by atomic mass is 9.86. The number of benzene rings is 1. The summed E-state index contributed by atoms with van der Waals surface area (Å²) in [5, 5.41) is 1.64. The zero-order valence-corrected chi connectivity index (χ0v) is 12.8. The third kappa shape index (κ3) is 4.02. The summed E-state index contributed by atoms with van der Waals surface area (Å²) in [4.78, 5) is 17.3. The Kier molecular flexibility index (Phi) is 4.64. The summed E-state index contributed by atoms with van der Waals surface area (Å²) in [5.74, 6) is -0.339. The Morgan fingerprint density at radius 3 is 2.48 bits per heavy atom. The number of piperidine rings is 1. The molecule has 2 rings (SSSR count). The molecule has 0 aliphatic carbocycles. The van der Waals surface area contributed by atoms with E-state index in [1.54, 1.807) is 17.2 Å². The number of carbonyl (C=O) groups excluding carboxylic acids is 1. The van der Waals surface area contributed by atoms with E-state index >= 15 is 0 Å². The van der Waals surface area contributed by atoms with Crippen LogP contribution < -0.4 is 5.73 Å². The van der Waals surface area contributed by atoms with E-state index in [2.05, 4.69) is 0 Å². The maximum absolute atomic E-state index is 13.0. The third-order valence-corrected chi connectivity index (χ3v) is 3.74. The highest BCUT2D eigenvalue weighted by molar-refractivity contribution is 5.75. The van der Waals surface area contributed by atoms with E-state index in [1.165, 1.54) is 12.1 Å². The minimum Gasteiger partial charge on any atom is -0.367 e. The van der Waals surface area contributed by atoms with E-state index in [9.17, 15) is 9.18 Å². The monoisotopic (exact) mass is 294 g/mol. The van der Waals surface area contributed by atoms with Crippen LogP contribution in [0.3, 0.4) is 0 Å². The fraction of sp³-hybridized carbons (Fsp3) is 0.562. The number of nitrogens with zero attached hydrogens (tertiary/aromatic N) is 1. The molecule has 1 aliphatic rings. The van der Waals surface area contributed by atoms with Crippen molar-refractivity contribution in [3.05, 3.63) is 35.6 Å². The van der Waals surface area contributed by atoms with Crippen LogP contribution in [0.5, 0.6) is 0 Å². The normalized spacial score (nSPS) is 23.9. The van der Waals surface area contributed by atoms with E-state index in [4.69, 9.17) is 10.6 Å². The zero-order chi connectivity index (χ0) is 15.6. The Morgan fingerprint density at radius 1 is 1.33 bits per heavy atom. The first-order valence-electron chi connectivity index (χ1n) is 7.26. The van der Waals surface area contributed by atoms with E-state index in [-0.39, 0.29) is 23.7 Å². The van der Waals surface area contributed by atoms with Crippen LogP contribution in [0, 0.1) is 11.2 Å². The smallest absolute Gasteiger partial charge is 0.330 e. The molecule has 1 aliphatic heterocycles. The van der Waals surface area contributed by atoms with Gasteiger partial charge in [-0.1, -0.05) is 12.1 Å². The lowest BCUT2D eigenvalue weighted by Crippen LogP contribution is -2.48. The van der Waals surface area contributed by atoms with E-state index < -0.39 is 5.41 Å². The number of halogens is 1. The van der Waals surface area contributed by atoms with Crippen molar-refractivity contribution >= 4 is 5.97 Å². The summed E-state index contributed by atoms with van der Waals surface area (Å²) < 4.78 is 13.0. The van der Waals surface area contributed by atoms with Gasteiger partial charge in [-0.2, -0.15) is 0 Å². The number of rotatable bonds is 2. The summed E-state index contributed by atoms with van der Waals surface area (Å²) in [7, 11) is 0. The molecular weight excluding hydrogens is 271 g/mol. The fourth-order valence-electron chi connectivity index (χ4n) is 2.41. The zero-order valence-electron chi connectivity index (χ0n) is 12.8.